The minimum atomic E-state index is -0.356. The number of hydrogen-bond acceptors (Lipinski definition) is 6. The lowest BCUT2D eigenvalue weighted by Crippen LogP contribution is -2.19. The molecule has 36 heavy (non-hydrogen) atoms. The first kappa shape index (κ1) is 27.0. The highest BCUT2D eigenvalue weighted by Crippen LogP contribution is 2.30. The maximum absolute atomic E-state index is 11.9. The summed E-state index contributed by atoms with van der Waals surface area (Å²) in [6.07, 6.45) is 2.13. The summed E-state index contributed by atoms with van der Waals surface area (Å²) in [4.78, 5) is 16.1. The lowest BCUT2D eigenvalue weighted by molar-refractivity contribution is 0.0600. The van der Waals surface area contributed by atoms with Gasteiger partial charge in [0, 0.05) is 13.1 Å². The first-order valence-corrected chi connectivity index (χ1v) is 12.0. The second-order valence-electron chi connectivity index (χ2n) is 9.03. The van der Waals surface area contributed by atoms with Crippen molar-refractivity contribution in [1.82, 2.24) is 9.80 Å². The number of ether oxygens (including phenoxy) is 3. The molecule has 0 amide bonds. The third-order valence-electron chi connectivity index (χ3n) is 5.55. The monoisotopic (exact) mass is 488 g/mol. The third kappa shape index (κ3) is 8.26. The molecule has 0 radical (unpaired) electrons. The van der Waals surface area contributed by atoms with E-state index >= 15 is 0 Å². The first-order chi connectivity index (χ1) is 17.4. The molecule has 6 nitrogen and oxygen atoms in total. The Balaban J connectivity index is 1.96. The quantitative estimate of drug-likeness (QED) is 0.266. The minimum Gasteiger partial charge on any atom is -0.492 e. The van der Waals surface area contributed by atoms with E-state index in [2.05, 4.69) is 28.0 Å². The van der Waals surface area contributed by atoms with Crippen molar-refractivity contribution in [2.75, 3.05) is 61.6 Å². The molecule has 3 rings (SSSR count). The molecule has 0 aliphatic carbocycles. The standard InChI is InChI=1S/C30H36N2O4/c1-31(2)16-18-35-27-10-6-8-23(20-27)21-29(24-12-14-25(15-13-24)30(33)34-5)26-9-7-11-28(22-26)36-19-17-32(3)4/h6-15,20-22H,16-19H2,1-5H3/b29-21-. The van der Waals surface area contributed by atoms with Crippen LogP contribution in [0.5, 0.6) is 11.5 Å². The average Bonchev–Trinajstić information content (AvgIpc) is 2.87. The fourth-order valence-electron chi connectivity index (χ4n) is 3.54. The number of likely N-dealkylation sites (N-methyl/N-ethyl adjacent to an activating group) is 2. The molecule has 0 heterocycles. The number of carbonyl (C=O) groups is 1. The Kier molecular flexibility index (Phi) is 10.1. The highest BCUT2D eigenvalue weighted by Gasteiger charge is 2.11. The summed E-state index contributed by atoms with van der Waals surface area (Å²) in [5, 5.41) is 0. The highest BCUT2D eigenvalue weighted by atomic mass is 16.5. The summed E-state index contributed by atoms with van der Waals surface area (Å²) in [5.41, 5.74) is 4.53. The van der Waals surface area contributed by atoms with Gasteiger partial charge >= 0.3 is 5.97 Å². The molecular weight excluding hydrogens is 452 g/mol. The van der Waals surface area contributed by atoms with E-state index in [0.717, 1.165) is 46.9 Å². The second-order valence-corrected chi connectivity index (χ2v) is 9.03. The van der Waals surface area contributed by atoms with Crippen LogP contribution in [-0.4, -0.2) is 77.4 Å². The Morgan fingerprint density at radius 2 is 1.28 bits per heavy atom. The Morgan fingerprint density at radius 3 is 1.86 bits per heavy atom. The van der Waals surface area contributed by atoms with Crippen LogP contribution in [0.4, 0.5) is 0 Å². The molecular formula is C30H36N2O4. The number of hydrogen-bond donors (Lipinski definition) is 0. The van der Waals surface area contributed by atoms with Gasteiger partial charge in [-0.1, -0.05) is 36.4 Å². The van der Waals surface area contributed by atoms with E-state index in [4.69, 9.17) is 14.2 Å². The van der Waals surface area contributed by atoms with Gasteiger partial charge in [-0.2, -0.15) is 0 Å². The zero-order chi connectivity index (χ0) is 25.9. The van der Waals surface area contributed by atoms with Crippen LogP contribution in [0.1, 0.15) is 27.0 Å². The molecule has 0 saturated heterocycles. The zero-order valence-corrected chi connectivity index (χ0v) is 21.9. The van der Waals surface area contributed by atoms with Crippen molar-refractivity contribution in [3.05, 3.63) is 95.1 Å². The molecule has 0 fully saturated rings. The van der Waals surface area contributed by atoms with Gasteiger partial charge < -0.3 is 24.0 Å². The molecule has 0 atom stereocenters. The molecule has 6 heteroatoms. The highest BCUT2D eigenvalue weighted by molar-refractivity contribution is 5.94. The van der Waals surface area contributed by atoms with Gasteiger partial charge in [0.15, 0.2) is 0 Å². The molecule has 0 N–H and O–H groups in total. The van der Waals surface area contributed by atoms with Crippen molar-refractivity contribution in [3.8, 4) is 11.5 Å². The van der Waals surface area contributed by atoms with Crippen molar-refractivity contribution >= 4 is 17.6 Å². The van der Waals surface area contributed by atoms with Gasteiger partial charge in [0.25, 0.3) is 0 Å². The lowest BCUT2D eigenvalue weighted by Gasteiger charge is -2.14. The van der Waals surface area contributed by atoms with E-state index in [-0.39, 0.29) is 5.97 Å². The molecule has 0 unspecified atom stereocenters. The Morgan fingerprint density at radius 1 is 0.722 bits per heavy atom. The van der Waals surface area contributed by atoms with Crippen molar-refractivity contribution in [2.45, 2.75) is 0 Å². The van der Waals surface area contributed by atoms with Gasteiger partial charge in [0.05, 0.1) is 12.7 Å². The molecule has 3 aromatic rings. The molecule has 0 aromatic heterocycles. The summed E-state index contributed by atoms with van der Waals surface area (Å²) in [6.45, 7) is 2.91. The van der Waals surface area contributed by atoms with Gasteiger partial charge in [0.2, 0.25) is 0 Å². The fraction of sp³-hybridized carbons (Fsp3) is 0.300. The van der Waals surface area contributed by atoms with Crippen molar-refractivity contribution < 1.29 is 19.0 Å². The SMILES string of the molecule is COC(=O)c1ccc(/C(=C/c2cccc(OCCN(C)C)c2)c2cccc(OCCN(C)C)c2)cc1. The van der Waals surface area contributed by atoms with E-state index < -0.39 is 0 Å². The first-order valence-electron chi connectivity index (χ1n) is 12.0. The lowest BCUT2D eigenvalue weighted by atomic mass is 9.94. The number of benzene rings is 3. The van der Waals surface area contributed by atoms with Crippen LogP contribution in [0, 0.1) is 0 Å². The maximum Gasteiger partial charge on any atom is 0.337 e. The smallest absolute Gasteiger partial charge is 0.337 e. The molecule has 0 bridgehead atoms. The largest absolute Gasteiger partial charge is 0.492 e. The summed E-state index contributed by atoms with van der Waals surface area (Å²) >= 11 is 0. The van der Waals surface area contributed by atoms with E-state index in [1.165, 1.54) is 7.11 Å². The average molecular weight is 489 g/mol. The predicted molar refractivity (Wildman–Crippen MR) is 146 cm³/mol. The number of esters is 1. The van der Waals surface area contributed by atoms with Crippen molar-refractivity contribution in [2.24, 2.45) is 0 Å². The molecule has 0 aliphatic rings. The topological polar surface area (TPSA) is 51.2 Å². The maximum atomic E-state index is 11.9. The van der Waals surface area contributed by atoms with Crippen LogP contribution < -0.4 is 9.47 Å². The summed E-state index contributed by atoms with van der Waals surface area (Å²) in [5.74, 6) is 1.28. The zero-order valence-electron chi connectivity index (χ0n) is 21.9. The van der Waals surface area contributed by atoms with E-state index in [1.54, 1.807) is 12.1 Å². The van der Waals surface area contributed by atoms with Crippen LogP contribution >= 0.6 is 0 Å². The molecule has 3 aromatic carbocycles. The number of methoxy groups -OCH3 is 1. The minimum absolute atomic E-state index is 0.356. The molecule has 0 saturated carbocycles. The van der Waals surface area contributed by atoms with Crippen LogP contribution in [-0.2, 0) is 4.74 Å². The van der Waals surface area contributed by atoms with Crippen molar-refractivity contribution in [1.29, 1.82) is 0 Å². The van der Waals surface area contributed by atoms with Crippen LogP contribution in [0.2, 0.25) is 0 Å². The van der Waals surface area contributed by atoms with Crippen LogP contribution in [0.15, 0.2) is 72.8 Å². The summed E-state index contributed by atoms with van der Waals surface area (Å²) < 4.78 is 16.8. The summed E-state index contributed by atoms with van der Waals surface area (Å²) in [7, 11) is 9.49. The second kappa shape index (κ2) is 13.5. The number of carbonyl (C=O) groups excluding carboxylic acids is 1. The van der Waals surface area contributed by atoms with Gasteiger partial charge in [0.1, 0.15) is 24.7 Å². The number of nitrogens with zero attached hydrogens (tertiary/aromatic N) is 2. The predicted octanol–water partition coefficient (Wildman–Crippen LogP) is 4.94. The van der Waals surface area contributed by atoms with Crippen molar-refractivity contribution in [3.63, 3.8) is 0 Å². The van der Waals surface area contributed by atoms with Crippen LogP contribution in [0.25, 0.3) is 11.6 Å². The Hall–Kier alpha value is -3.61. The number of rotatable bonds is 12. The van der Waals surface area contributed by atoms with E-state index in [9.17, 15) is 4.79 Å². The van der Waals surface area contributed by atoms with Gasteiger partial charge in [-0.05, 0) is 92.9 Å². The molecule has 190 valence electrons. The molecule has 0 spiro atoms. The Bertz CT molecular complexity index is 1150. The van der Waals surface area contributed by atoms with E-state index in [0.29, 0.717) is 18.8 Å². The summed E-state index contributed by atoms with van der Waals surface area (Å²) in [6, 6.07) is 23.6. The van der Waals surface area contributed by atoms with Gasteiger partial charge in [-0.25, -0.2) is 4.79 Å². The third-order valence-corrected chi connectivity index (χ3v) is 5.55. The van der Waals surface area contributed by atoms with Gasteiger partial charge in [-0.3, -0.25) is 0 Å². The molecule has 0 aliphatic heterocycles. The van der Waals surface area contributed by atoms with Gasteiger partial charge in [-0.15, -0.1) is 0 Å². The normalized spacial score (nSPS) is 11.6. The fourth-order valence-corrected chi connectivity index (χ4v) is 3.54. The van der Waals surface area contributed by atoms with E-state index in [1.807, 2.05) is 76.7 Å². The Labute approximate surface area is 214 Å². The van der Waals surface area contributed by atoms with Crippen LogP contribution in [0.3, 0.4) is 0 Å².